The first-order valence-electron chi connectivity index (χ1n) is 6.25. The van der Waals surface area contributed by atoms with Crippen LogP contribution in [0.1, 0.15) is 50.9 Å². The van der Waals surface area contributed by atoms with E-state index in [0.717, 1.165) is 22.6 Å². The van der Waals surface area contributed by atoms with E-state index in [9.17, 15) is 4.39 Å². The van der Waals surface area contributed by atoms with Crippen molar-refractivity contribution in [2.45, 2.75) is 39.5 Å². The van der Waals surface area contributed by atoms with Crippen LogP contribution in [0.3, 0.4) is 0 Å². The van der Waals surface area contributed by atoms with Gasteiger partial charge in [0.1, 0.15) is 17.3 Å². The fourth-order valence-electron chi connectivity index (χ4n) is 1.93. The third-order valence-corrected chi connectivity index (χ3v) is 3.01. The molecule has 0 saturated carbocycles. The van der Waals surface area contributed by atoms with E-state index >= 15 is 0 Å². The molecule has 0 aliphatic heterocycles. The summed E-state index contributed by atoms with van der Waals surface area (Å²) in [6, 6.07) is 6.74. The summed E-state index contributed by atoms with van der Waals surface area (Å²) in [5.41, 5.74) is 2.68. The van der Waals surface area contributed by atoms with Crippen molar-refractivity contribution in [1.82, 2.24) is 5.16 Å². The van der Waals surface area contributed by atoms with Gasteiger partial charge >= 0.3 is 0 Å². The average molecular weight is 247 g/mol. The van der Waals surface area contributed by atoms with Gasteiger partial charge in [-0.05, 0) is 29.7 Å². The van der Waals surface area contributed by atoms with E-state index in [1.807, 2.05) is 19.9 Å². The number of aromatic nitrogens is 1. The molecule has 1 aromatic heterocycles. The van der Waals surface area contributed by atoms with Crippen LogP contribution in [0, 0.1) is 5.82 Å². The highest BCUT2D eigenvalue weighted by Gasteiger charge is 2.15. The summed E-state index contributed by atoms with van der Waals surface area (Å²) in [6.07, 6.45) is 0. The second-order valence-electron chi connectivity index (χ2n) is 5.16. The second-order valence-corrected chi connectivity index (χ2v) is 5.16. The average Bonchev–Trinajstić information content (AvgIpc) is 2.78. The van der Waals surface area contributed by atoms with Crippen molar-refractivity contribution >= 4 is 0 Å². The highest BCUT2D eigenvalue weighted by Crippen LogP contribution is 2.30. The Morgan fingerprint density at radius 1 is 1.06 bits per heavy atom. The molecule has 2 nitrogen and oxygen atoms in total. The number of hydrogen-bond donors (Lipinski definition) is 0. The Bertz CT molecular complexity index is 543. The van der Waals surface area contributed by atoms with Gasteiger partial charge in [0.2, 0.25) is 0 Å². The molecule has 2 aromatic rings. The summed E-state index contributed by atoms with van der Waals surface area (Å²) < 4.78 is 18.6. The zero-order chi connectivity index (χ0) is 13.3. The molecule has 0 bridgehead atoms. The molecule has 0 atom stereocenters. The van der Waals surface area contributed by atoms with Crippen LogP contribution >= 0.6 is 0 Å². The van der Waals surface area contributed by atoms with Gasteiger partial charge in [-0.25, -0.2) is 4.39 Å². The maximum atomic E-state index is 13.3. The fraction of sp³-hybridized carbons (Fsp3) is 0.400. The van der Waals surface area contributed by atoms with E-state index in [-0.39, 0.29) is 11.7 Å². The molecule has 0 aliphatic carbocycles. The molecule has 3 heteroatoms. The van der Waals surface area contributed by atoms with Crippen LogP contribution in [0.4, 0.5) is 4.39 Å². The maximum absolute atomic E-state index is 13.3. The standard InChI is InChI=1S/C15H18FNO/c1-9(2)13-7-11(16)5-6-12(13)14-8-15(10(3)4)18-17-14/h5-10H,1-4H3. The van der Waals surface area contributed by atoms with Crippen LogP contribution in [0.5, 0.6) is 0 Å². The Labute approximate surface area is 107 Å². The summed E-state index contributed by atoms with van der Waals surface area (Å²) in [6.45, 7) is 8.19. The quantitative estimate of drug-likeness (QED) is 0.783. The molecule has 1 aromatic carbocycles. The third kappa shape index (κ3) is 2.45. The molecule has 0 saturated heterocycles. The molecule has 0 radical (unpaired) electrons. The van der Waals surface area contributed by atoms with Gasteiger partial charge in [0.05, 0.1) is 0 Å². The van der Waals surface area contributed by atoms with Crippen molar-refractivity contribution in [1.29, 1.82) is 0 Å². The first-order valence-corrected chi connectivity index (χ1v) is 6.25. The molecule has 1 heterocycles. The van der Waals surface area contributed by atoms with Gasteiger partial charge in [-0.15, -0.1) is 0 Å². The van der Waals surface area contributed by atoms with Gasteiger partial charge in [0.25, 0.3) is 0 Å². The van der Waals surface area contributed by atoms with Gasteiger partial charge in [-0.2, -0.15) is 0 Å². The number of rotatable bonds is 3. The highest BCUT2D eigenvalue weighted by atomic mass is 19.1. The van der Waals surface area contributed by atoms with Crippen LogP contribution < -0.4 is 0 Å². The summed E-state index contributed by atoms with van der Waals surface area (Å²) in [5, 5.41) is 4.08. The molecule has 0 spiro atoms. The molecule has 0 unspecified atom stereocenters. The largest absolute Gasteiger partial charge is 0.361 e. The number of halogens is 1. The summed E-state index contributed by atoms with van der Waals surface area (Å²) >= 11 is 0. The lowest BCUT2D eigenvalue weighted by Gasteiger charge is -2.10. The Balaban J connectivity index is 2.49. The van der Waals surface area contributed by atoms with Crippen molar-refractivity contribution in [3.05, 3.63) is 41.4 Å². The Kier molecular flexibility index (Phi) is 3.50. The predicted octanol–water partition coefficient (Wildman–Crippen LogP) is 4.73. The summed E-state index contributed by atoms with van der Waals surface area (Å²) in [7, 11) is 0. The Hall–Kier alpha value is -1.64. The summed E-state index contributed by atoms with van der Waals surface area (Å²) in [4.78, 5) is 0. The van der Waals surface area contributed by atoms with Crippen molar-refractivity contribution in [3.8, 4) is 11.3 Å². The fourth-order valence-corrected chi connectivity index (χ4v) is 1.93. The second kappa shape index (κ2) is 4.92. The van der Waals surface area contributed by atoms with Crippen molar-refractivity contribution in [2.75, 3.05) is 0 Å². The molecule has 0 amide bonds. The van der Waals surface area contributed by atoms with Crippen molar-refractivity contribution < 1.29 is 8.91 Å². The van der Waals surface area contributed by atoms with E-state index < -0.39 is 0 Å². The molecular formula is C15H18FNO. The van der Waals surface area contributed by atoms with Crippen LogP contribution in [-0.4, -0.2) is 5.16 Å². The zero-order valence-corrected chi connectivity index (χ0v) is 11.2. The van der Waals surface area contributed by atoms with Crippen molar-refractivity contribution in [2.24, 2.45) is 0 Å². The lowest BCUT2D eigenvalue weighted by Crippen LogP contribution is -1.94. The number of nitrogens with zero attached hydrogens (tertiary/aromatic N) is 1. The first-order chi connectivity index (χ1) is 8.49. The van der Waals surface area contributed by atoms with Crippen molar-refractivity contribution in [3.63, 3.8) is 0 Å². The molecular weight excluding hydrogens is 229 g/mol. The van der Waals surface area contributed by atoms with Gasteiger partial charge in [0.15, 0.2) is 0 Å². The molecule has 96 valence electrons. The zero-order valence-electron chi connectivity index (χ0n) is 11.2. The predicted molar refractivity (Wildman–Crippen MR) is 70.1 cm³/mol. The minimum Gasteiger partial charge on any atom is -0.361 e. The normalized spacial score (nSPS) is 11.5. The molecule has 0 fully saturated rings. The van der Waals surface area contributed by atoms with Crippen LogP contribution in [0.25, 0.3) is 11.3 Å². The van der Waals surface area contributed by atoms with E-state index in [0.29, 0.717) is 5.92 Å². The minimum atomic E-state index is -0.213. The van der Waals surface area contributed by atoms with Gasteiger partial charge in [-0.3, -0.25) is 0 Å². The number of hydrogen-bond acceptors (Lipinski definition) is 2. The SMILES string of the molecule is CC(C)c1cc(-c2ccc(F)cc2C(C)C)no1. The van der Waals surface area contributed by atoms with Crippen LogP contribution in [-0.2, 0) is 0 Å². The molecule has 2 rings (SSSR count). The topological polar surface area (TPSA) is 26.0 Å². The number of benzene rings is 1. The van der Waals surface area contributed by atoms with E-state index in [2.05, 4.69) is 19.0 Å². The van der Waals surface area contributed by atoms with Gasteiger partial charge in [0, 0.05) is 17.5 Å². The lowest BCUT2D eigenvalue weighted by molar-refractivity contribution is 0.373. The van der Waals surface area contributed by atoms with Crippen LogP contribution in [0.2, 0.25) is 0 Å². The van der Waals surface area contributed by atoms with Gasteiger partial charge in [-0.1, -0.05) is 32.9 Å². The van der Waals surface area contributed by atoms with E-state index in [4.69, 9.17) is 4.52 Å². The minimum absolute atomic E-state index is 0.213. The highest BCUT2D eigenvalue weighted by molar-refractivity contribution is 5.64. The van der Waals surface area contributed by atoms with Crippen LogP contribution in [0.15, 0.2) is 28.8 Å². The molecule has 0 N–H and O–H groups in total. The third-order valence-electron chi connectivity index (χ3n) is 3.01. The summed E-state index contributed by atoms with van der Waals surface area (Å²) in [5.74, 6) is 1.18. The monoisotopic (exact) mass is 247 g/mol. The van der Waals surface area contributed by atoms with E-state index in [1.54, 1.807) is 12.1 Å². The Morgan fingerprint density at radius 3 is 2.33 bits per heavy atom. The smallest absolute Gasteiger partial charge is 0.139 e. The molecule has 18 heavy (non-hydrogen) atoms. The maximum Gasteiger partial charge on any atom is 0.139 e. The Morgan fingerprint density at radius 2 is 1.78 bits per heavy atom. The first kappa shape index (κ1) is 12.8. The lowest BCUT2D eigenvalue weighted by atomic mass is 9.95. The molecule has 0 aliphatic rings. The van der Waals surface area contributed by atoms with E-state index in [1.165, 1.54) is 6.07 Å². The van der Waals surface area contributed by atoms with Gasteiger partial charge < -0.3 is 4.52 Å².